The van der Waals surface area contributed by atoms with Gasteiger partial charge < -0.3 is 0 Å². The van der Waals surface area contributed by atoms with E-state index in [0.29, 0.717) is 0 Å². The summed E-state index contributed by atoms with van der Waals surface area (Å²) in [6.45, 7) is 3.54. The predicted molar refractivity (Wildman–Crippen MR) is 71.2 cm³/mol. The van der Waals surface area contributed by atoms with Crippen LogP contribution in [0.25, 0.3) is 0 Å². The smallest absolute Gasteiger partial charge is 0.200 e. The lowest BCUT2D eigenvalue weighted by molar-refractivity contribution is 0.584. The summed E-state index contributed by atoms with van der Waals surface area (Å²) in [6, 6.07) is 6.46. The third-order valence-corrected chi connectivity index (χ3v) is 3.13. The van der Waals surface area contributed by atoms with Gasteiger partial charge in [0, 0.05) is 0 Å². The average molecular weight is 260 g/mol. The zero-order valence-corrected chi connectivity index (χ0v) is 10.9. The Balaban J connectivity index is 2.74. The van der Waals surface area contributed by atoms with Crippen LogP contribution in [0.1, 0.15) is 12.5 Å². The number of hydrogen-bond donors (Lipinski definition) is 1. The first-order valence-corrected chi connectivity index (χ1v) is 6.57. The minimum Gasteiger partial charge on any atom is -0.200 e. The summed E-state index contributed by atoms with van der Waals surface area (Å²) in [4.78, 5) is 2.22. The van der Waals surface area contributed by atoms with Gasteiger partial charge in [0.1, 0.15) is 0 Å². The van der Waals surface area contributed by atoms with Crippen LogP contribution in [0.4, 0.5) is 0 Å². The fourth-order valence-electron chi connectivity index (χ4n) is 1.03. The fraction of sp³-hybridized carbons (Fsp3) is 0.154. The van der Waals surface area contributed by atoms with Crippen LogP contribution in [0.15, 0.2) is 34.3 Å². The molecule has 5 heteroatoms. The summed E-state index contributed by atoms with van der Waals surface area (Å²) < 4.78 is 23.5. The number of benzene rings is 1. The van der Waals surface area contributed by atoms with Gasteiger partial charge in [0.25, 0.3) is 10.0 Å². The van der Waals surface area contributed by atoms with Crippen molar-refractivity contribution in [3.63, 3.8) is 0 Å². The monoisotopic (exact) mass is 260 g/mol. The summed E-state index contributed by atoms with van der Waals surface area (Å²) in [6.07, 6.45) is 1.15. The Bertz CT molecular complexity index is 651. The summed E-state index contributed by atoms with van der Waals surface area (Å²) >= 11 is 0. The Morgan fingerprint density at radius 2 is 1.89 bits per heavy atom. The van der Waals surface area contributed by atoms with E-state index in [1.807, 2.05) is 6.92 Å². The quantitative estimate of drug-likeness (QED) is 0.506. The highest BCUT2D eigenvalue weighted by molar-refractivity contribution is 7.89. The summed E-state index contributed by atoms with van der Waals surface area (Å²) in [5, 5.41) is 3.51. The molecule has 18 heavy (non-hydrogen) atoms. The lowest BCUT2D eigenvalue weighted by Gasteiger charge is -2.02. The third kappa shape index (κ3) is 4.32. The molecule has 0 spiro atoms. The van der Waals surface area contributed by atoms with E-state index >= 15 is 0 Å². The Morgan fingerprint density at radius 1 is 1.22 bits per heavy atom. The van der Waals surface area contributed by atoms with Crippen molar-refractivity contribution >= 4 is 16.2 Å². The zero-order chi connectivity index (χ0) is 13.4. The van der Waals surface area contributed by atoms with Gasteiger partial charge in [-0.3, -0.25) is 0 Å². The number of rotatable bonds is 3. The van der Waals surface area contributed by atoms with Crippen LogP contribution >= 0.6 is 0 Å². The molecule has 1 aromatic carbocycles. The molecule has 92 valence electrons. The molecule has 1 N–H and O–H groups in total. The topological polar surface area (TPSA) is 58.5 Å². The molecule has 4 nitrogen and oxygen atoms in total. The van der Waals surface area contributed by atoms with E-state index in [1.165, 1.54) is 12.1 Å². The molecule has 0 aliphatic rings. The Kier molecular flexibility index (Phi) is 4.98. The Morgan fingerprint density at radius 3 is 2.50 bits per heavy atom. The van der Waals surface area contributed by atoms with E-state index in [9.17, 15) is 8.42 Å². The number of hydrogen-bond acceptors (Lipinski definition) is 3. The van der Waals surface area contributed by atoms with Gasteiger partial charge >= 0.3 is 0 Å². The van der Waals surface area contributed by atoms with Gasteiger partial charge in [0.15, 0.2) is 0 Å². The maximum Gasteiger partial charge on any atom is 0.276 e. The fourth-order valence-corrected chi connectivity index (χ4v) is 1.82. The molecular weight excluding hydrogens is 248 g/mol. The maximum absolute atomic E-state index is 11.7. The number of aryl methyl sites for hydroxylation is 1. The first-order chi connectivity index (χ1) is 8.56. The number of hydrazone groups is 1. The average Bonchev–Trinajstić information content (AvgIpc) is 2.34. The largest absolute Gasteiger partial charge is 0.276 e. The van der Waals surface area contributed by atoms with Gasteiger partial charge in [-0.05, 0) is 43.7 Å². The molecule has 1 aromatic rings. The third-order valence-electron chi connectivity index (χ3n) is 1.89. The summed E-state index contributed by atoms with van der Waals surface area (Å²) in [7, 11) is -3.62. The van der Waals surface area contributed by atoms with Gasteiger partial charge in [-0.2, -0.15) is 18.4 Å². The normalized spacial score (nSPS) is 10.1. The second-order valence-electron chi connectivity index (χ2n) is 3.31. The molecule has 0 aliphatic carbocycles. The predicted octanol–water partition coefficient (Wildman–Crippen LogP) is 1.29. The first-order valence-electron chi connectivity index (χ1n) is 5.08. The van der Waals surface area contributed by atoms with Crippen LogP contribution in [-0.4, -0.2) is 14.6 Å². The molecule has 0 fully saturated rings. The molecule has 0 aromatic heterocycles. The van der Waals surface area contributed by atoms with E-state index < -0.39 is 10.0 Å². The molecule has 0 atom stereocenters. The van der Waals surface area contributed by atoms with Crippen molar-refractivity contribution in [3.05, 3.63) is 29.8 Å². The highest BCUT2D eigenvalue weighted by Crippen LogP contribution is 2.09. The van der Waals surface area contributed by atoms with E-state index in [4.69, 9.17) is 0 Å². The van der Waals surface area contributed by atoms with E-state index in [1.54, 1.807) is 19.1 Å². The summed E-state index contributed by atoms with van der Waals surface area (Å²) in [5.74, 6) is 10.0. The molecular formula is C13H12N2O2S. The molecule has 0 heterocycles. The minimum atomic E-state index is -3.62. The second-order valence-corrected chi connectivity index (χ2v) is 4.97. The first kappa shape index (κ1) is 13.8. The minimum absolute atomic E-state index is 0.159. The molecule has 0 unspecified atom stereocenters. The second kappa shape index (κ2) is 6.48. The Hall–Kier alpha value is -2.24. The van der Waals surface area contributed by atoms with Gasteiger partial charge in [-0.1, -0.05) is 23.6 Å². The SMILES string of the molecule is CC#CC#C/C=N\NS(=O)(=O)c1ccc(C)cc1. The van der Waals surface area contributed by atoms with Crippen LogP contribution < -0.4 is 4.83 Å². The van der Waals surface area contributed by atoms with Crippen molar-refractivity contribution in [3.8, 4) is 23.7 Å². The van der Waals surface area contributed by atoms with Crippen molar-refractivity contribution in [1.82, 2.24) is 4.83 Å². The van der Waals surface area contributed by atoms with E-state index in [2.05, 4.69) is 33.6 Å². The molecule has 0 aliphatic heterocycles. The maximum atomic E-state index is 11.7. The van der Waals surface area contributed by atoms with Gasteiger partial charge in [0.05, 0.1) is 11.1 Å². The molecule has 0 saturated carbocycles. The highest BCUT2D eigenvalue weighted by atomic mass is 32.2. The summed E-state index contributed by atoms with van der Waals surface area (Å²) in [5.41, 5.74) is 0.987. The van der Waals surface area contributed by atoms with Crippen molar-refractivity contribution < 1.29 is 8.42 Å². The van der Waals surface area contributed by atoms with Crippen LogP contribution in [0.2, 0.25) is 0 Å². The van der Waals surface area contributed by atoms with E-state index in [-0.39, 0.29) is 4.90 Å². The number of nitrogens with zero attached hydrogens (tertiary/aromatic N) is 1. The molecule has 0 amide bonds. The van der Waals surface area contributed by atoms with Crippen LogP contribution in [0.3, 0.4) is 0 Å². The van der Waals surface area contributed by atoms with Gasteiger partial charge in [-0.25, -0.2) is 0 Å². The van der Waals surface area contributed by atoms with E-state index in [0.717, 1.165) is 11.8 Å². The molecule has 0 saturated heterocycles. The Labute approximate surface area is 107 Å². The van der Waals surface area contributed by atoms with Crippen LogP contribution in [-0.2, 0) is 10.0 Å². The molecule has 0 radical (unpaired) electrons. The van der Waals surface area contributed by atoms with Gasteiger partial charge in [-0.15, -0.1) is 0 Å². The highest BCUT2D eigenvalue weighted by Gasteiger charge is 2.11. The molecule has 1 rings (SSSR count). The van der Waals surface area contributed by atoms with Crippen molar-refractivity contribution in [2.75, 3.05) is 0 Å². The van der Waals surface area contributed by atoms with Crippen molar-refractivity contribution in [2.45, 2.75) is 18.7 Å². The van der Waals surface area contributed by atoms with Crippen molar-refractivity contribution in [2.24, 2.45) is 5.10 Å². The van der Waals surface area contributed by atoms with Crippen LogP contribution in [0, 0.1) is 30.6 Å². The number of nitrogens with one attached hydrogen (secondary N) is 1. The lowest BCUT2D eigenvalue weighted by atomic mass is 10.2. The van der Waals surface area contributed by atoms with Crippen molar-refractivity contribution in [1.29, 1.82) is 0 Å². The zero-order valence-electron chi connectivity index (χ0n) is 10.1. The number of sulfonamides is 1. The standard InChI is InChI=1S/C13H12N2O2S/c1-3-4-5-6-11-14-15-18(16,17)13-9-7-12(2)8-10-13/h7-11,15H,1-2H3/b14-11-. The molecule has 0 bridgehead atoms. The van der Waals surface area contributed by atoms with Gasteiger partial charge in [0.2, 0.25) is 0 Å². The lowest BCUT2D eigenvalue weighted by Crippen LogP contribution is -2.18. The van der Waals surface area contributed by atoms with Crippen LogP contribution in [0.5, 0.6) is 0 Å².